The molecule has 0 unspecified atom stereocenters. The number of benzene rings is 1. The molecule has 3 N–H and O–H groups in total. The molecule has 1 aromatic rings. The maximum Gasteiger partial charge on any atom is 0.252 e. The number of hydrogen-bond donors (Lipinski definition) is 2. The lowest BCUT2D eigenvalue weighted by Crippen LogP contribution is -2.34. The van der Waals surface area contributed by atoms with Crippen molar-refractivity contribution in [1.29, 1.82) is 0 Å². The van der Waals surface area contributed by atoms with Crippen LogP contribution in [0.4, 0.5) is 4.39 Å². The zero-order chi connectivity index (χ0) is 15.5. The van der Waals surface area contributed by atoms with Crippen LogP contribution < -0.4 is 10.5 Å². The Bertz CT molecular complexity index is 615. The first-order chi connectivity index (χ1) is 9.20. The Morgan fingerprint density at radius 2 is 1.95 bits per heavy atom. The molecule has 0 heterocycles. The van der Waals surface area contributed by atoms with Gasteiger partial charge >= 0.3 is 0 Å². The van der Waals surface area contributed by atoms with Gasteiger partial charge in [0.25, 0.3) is 5.91 Å². The van der Waals surface area contributed by atoms with Gasteiger partial charge in [0.2, 0.25) is 10.0 Å². The summed E-state index contributed by atoms with van der Waals surface area (Å²) in [6, 6.07) is 1.82. The lowest BCUT2D eigenvalue weighted by atomic mass is 10.1. The van der Waals surface area contributed by atoms with Crippen LogP contribution in [0.15, 0.2) is 21.5 Å². The van der Waals surface area contributed by atoms with Crippen LogP contribution in [0.2, 0.25) is 0 Å². The third-order valence-corrected chi connectivity index (χ3v) is 4.48. The average molecular weight is 367 g/mol. The molecule has 1 aromatic carbocycles. The predicted molar refractivity (Wildman–Crippen MR) is 77.3 cm³/mol. The molecule has 0 aliphatic rings. The highest BCUT2D eigenvalue weighted by atomic mass is 79.9. The van der Waals surface area contributed by atoms with Crippen molar-refractivity contribution in [2.45, 2.75) is 37.6 Å². The molecule has 5 nitrogen and oxygen atoms in total. The quantitative estimate of drug-likeness (QED) is 0.836. The molecule has 0 saturated heterocycles. The second-order valence-electron chi connectivity index (χ2n) is 4.29. The molecule has 1 amide bonds. The van der Waals surface area contributed by atoms with Gasteiger partial charge in [-0.05, 0) is 40.9 Å². The predicted octanol–water partition coefficient (Wildman–Crippen LogP) is 2.15. The van der Waals surface area contributed by atoms with Gasteiger partial charge in [0, 0.05) is 10.5 Å². The Labute approximate surface area is 125 Å². The highest BCUT2D eigenvalue weighted by molar-refractivity contribution is 9.10. The van der Waals surface area contributed by atoms with E-state index in [1.165, 1.54) is 0 Å². The molecule has 0 fully saturated rings. The van der Waals surface area contributed by atoms with Gasteiger partial charge in [-0.25, -0.2) is 17.9 Å². The summed E-state index contributed by atoms with van der Waals surface area (Å²) >= 11 is 3.05. The SMILES string of the molecule is CCC(CC)NC(=O)c1cc(S(N)(=O)=O)c(F)cc1Br. The average Bonchev–Trinajstić information content (AvgIpc) is 2.33. The summed E-state index contributed by atoms with van der Waals surface area (Å²) in [5.74, 6) is -1.48. The first-order valence-corrected chi connectivity index (χ1v) is 8.37. The number of halogens is 2. The van der Waals surface area contributed by atoms with Crippen molar-refractivity contribution >= 4 is 31.9 Å². The van der Waals surface area contributed by atoms with Crippen LogP contribution in [0.1, 0.15) is 37.0 Å². The van der Waals surface area contributed by atoms with Crippen molar-refractivity contribution in [3.8, 4) is 0 Å². The third kappa shape index (κ3) is 4.00. The smallest absolute Gasteiger partial charge is 0.252 e. The largest absolute Gasteiger partial charge is 0.349 e. The fourth-order valence-corrected chi connectivity index (χ4v) is 2.79. The minimum Gasteiger partial charge on any atom is -0.349 e. The van der Waals surface area contributed by atoms with Crippen LogP contribution in [0, 0.1) is 5.82 Å². The first kappa shape index (κ1) is 17.1. The van der Waals surface area contributed by atoms with Crippen LogP contribution in [0.5, 0.6) is 0 Å². The van der Waals surface area contributed by atoms with Gasteiger partial charge in [0.1, 0.15) is 10.7 Å². The number of carbonyl (C=O) groups excluding carboxylic acids is 1. The van der Waals surface area contributed by atoms with Gasteiger partial charge < -0.3 is 5.32 Å². The minimum atomic E-state index is -4.22. The summed E-state index contributed by atoms with van der Waals surface area (Å²) in [6.45, 7) is 3.84. The second kappa shape index (κ2) is 6.64. The van der Waals surface area contributed by atoms with Gasteiger partial charge in [-0.1, -0.05) is 13.8 Å². The van der Waals surface area contributed by atoms with E-state index in [4.69, 9.17) is 5.14 Å². The summed E-state index contributed by atoms with van der Waals surface area (Å²) in [6.07, 6.45) is 1.48. The first-order valence-electron chi connectivity index (χ1n) is 6.03. The van der Waals surface area contributed by atoms with Crippen molar-refractivity contribution in [3.63, 3.8) is 0 Å². The van der Waals surface area contributed by atoms with Crippen molar-refractivity contribution in [1.82, 2.24) is 5.32 Å². The number of primary sulfonamides is 1. The molecule has 8 heteroatoms. The third-order valence-electron chi connectivity index (χ3n) is 2.89. The molecule has 1 rings (SSSR count). The molecule has 0 bridgehead atoms. The zero-order valence-corrected chi connectivity index (χ0v) is 13.5. The number of sulfonamides is 1. The van der Waals surface area contributed by atoms with Crippen LogP contribution in [-0.2, 0) is 10.0 Å². The van der Waals surface area contributed by atoms with Crippen LogP contribution in [0.25, 0.3) is 0 Å². The molecular formula is C12H16BrFN2O3S. The van der Waals surface area contributed by atoms with Crippen LogP contribution in [0.3, 0.4) is 0 Å². The molecule has 0 spiro atoms. The molecule has 20 heavy (non-hydrogen) atoms. The molecule has 0 atom stereocenters. The molecule has 112 valence electrons. The minimum absolute atomic E-state index is 0.0299. The van der Waals surface area contributed by atoms with E-state index in [0.717, 1.165) is 25.0 Å². The van der Waals surface area contributed by atoms with Crippen molar-refractivity contribution in [2.24, 2.45) is 5.14 Å². The number of hydrogen-bond acceptors (Lipinski definition) is 3. The van der Waals surface area contributed by atoms with Gasteiger partial charge in [-0.15, -0.1) is 0 Å². The lowest BCUT2D eigenvalue weighted by molar-refractivity contribution is 0.0934. The van der Waals surface area contributed by atoms with Gasteiger partial charge in [0.15, 0.2) is 0 Å². The highest BCUT2D eigenvalue weighted by Crippen LogP contribution is 2.24. The van der Waals surface area contributed by atoms with E-state index in [-0.39, 0.29) is 16.1 Å². The van der Waals surface area contributed by atoms with E-state index in [1.807, 2.05) is 13.8 Å². The lowest BCUT2D eigenvalue weighted by Gasteiger charge is -2.16. The topological polar surface area (TPSA) is 89.3 Å². The fourth-order valence-electron chi connectivity index (χ4n) is 1.68. The van der Waals surface area contributed by atoms with E-state index in [2.05, 4.69) is 21.2 Å². The monoisotopic (exact) mass is 366 g/mol. The van der Waals surface area contributed by atoms with E-state index >= 15 is 0 Å². The normalized spacial score (nSPS) is 11.7. The van der Waals surface area contributed by atoms with E-state index < -0.39 is 26.6 Å². The van der Waals surface area contributed by atoms with Crippen LogP contribution >= 0.6 is 15.9 Å². The summed E-state index contributed by atoms with van der Waals surface area (Å²) in [4.78, 5) is 11.4. The number of rotatable bonds is 5. The maximum absolute atomic E-state index is 13.6. The van der Waals surface area contributed by atoms with Crippen molar-refractivity contribution < 1.29 is 17.6 Å². The number of amides is 1. The van der Waals surface area contributed by atoms with Crippen LogP contribution in [-0.4, -0.2) is 20.4 Å². The fraction of sp³-hybridized carbons (Fsp3) is 0.417. The molecule has 0 aromatic heterocycles. The number of nitrogens with two attached hydrogens (primary N) is 1. The Morgan fingerprint density at radius 1 is 1.40 bits per heavy atom. The Hall–Kier alpha value is -0.990. The van der Waals surface area contributed by atoms with Crippen molar-refractivity contribution in [2.75, 3.05) is 0 Å². The van der Waals surface area contributed by atoms with E-state index in [1.54, 1.807) is 0 Å². The molecule has 0 aliphatic heterocycles. The molecule has 0 aliphatic carbocycles. The highest BCUT2D eigenvalue weighted by Gasteiger charge is 2.21. The number of nitrogens with one attached hydrogen (secondary N) is 1. The number of carbonyl (C=O) groups is 1. The summed E-state index contributed by atoms with van der Waals surface area (Å²) in [5.41, 5.74) is 0.0299. The second-order valence-corrected chi connectivity index (χ2v) is 6.68. The van der Waals surface area contributed by atoms with Gasteiger partial charge in [0.05, 0.1) is 5.56 Å². The van der Waals surface area contributed by atoms with E-state index in [0.29, 0.717) is 0 Å². The summed E-state index contributed by atoms with van der Waals surface area (Å²) in [7, 11) is -4.22. The van der Waals surface area contributed by atoms with Gasteiger partial charge in [-0.3, -0.25) is 4.79 Å². The zero-order valence-electron chi connectivity index (χ0n) is 11.1. The maximum atomic E-state index is 13.6. The standard InChI is InChI=1S/C12H16BrFN2O3S/c1-3-7(4-2)16-12(17)8-5-11(20(15,18)19)10(14)6-9(8)13/h5-7H,3-4H2,1-2H3,(H,16,17)(H2,15,18,19). The summed E-state index contributed by atoms with van der Waals surface area (Å²) in [5, 5.41) is 7.66. The molecular weight excluding hydrogens is 351 g/mol. The molecule has 0 saturated carbocycles. The summed E-state index contributed by atoms with van der Waals surface area (Å²) < 4.78 is 36.3. The Morgan fingerprint density at radius 3 is 2.40 bits per heavy atom. The Kier molecular flexibility index (Phi) is 5.67. The van der Waals surface area contributed by atoms with Gasteiger partial charge in [-0.2, -0.15) is 0 Å². The Balaban J connectivity index is 3.22. The van der Waals surface area contributed by atoms with E-state index in [9.17, 15) is 17.6 Å². The molecule has 0 radical (unpaired) electrons. The van der Waals surface area contributed by atoms with Crippen molar-refractivity contribution in [3.05, 3.63) is 28.0 Å².